The summed E-state index contributed by atoms with van der Waals surface area (Å²) in [4.78, 5) is 23.0. The molecule has 3 N–H and O–H groups in total. The SMILES string of the molecule is CCc1cccnc1-c1nc(CCN)cc(=O)[nH]1. The van der Waals surface area contributed by atoms with Gasteiger partial charge in [-0.05, 0) is 24.6 Å². The molecule has 0 atom stereocenters. The number of pyridine rings is 1. The Morgan fingerprint density at radius 1 is 1.44 bits per heavy atom. The van der Waals surface area contributed by atoms with E-state index >= 15 is 0 Å². The third-order valence-electron chi connectivity index (χ3n) is 2.69. The Labute approximate surface area is 105 Å². The lowest BCUT2D eigenvalue weighted by Gasteiger charge is -2.06. The van der Waals surface area contributed by atoms with E-state index in [1.165, 1.54) is 6.07 Å². The van der Waals surface area contributed by atoms with Crippen molar-refractivity contribution in [1.29, 1.82) is 0 Å². The number of rotatable bonds is 4. The van der Waals surface area contributed by atoms with Gasteiger partial charge >= 0.3 is 0 Å². The lowest BCUT2D eigenvalue weighted by atomic mass is 10.1. The second-order valence-electron chi connectivity index (χ2n) is 3.99. The Hall–Kier alpha value is -2.01. The minimum absolute atomic E-state index is 0.170. The van der Waals surface area contributed by atoms with Crippen LogP contribution in [-0.4, -0.2) is 21.5 Å². The molecule has 0 unspecified atom stereocenters. The highest BCUT2D eigenvalue weighted by atomic mass is 16.1. The summed E-state index contributed by atoms with van der Waals surface area (Å²) < 4.78 is 0. The van der Waals surface area contributed by atoms with Crippen molar-refractivity contribution in [3.05, 3.63) is 46.0 Å². The van der Waals surface area contributed by atoms with E-state index in [1.807, 2.05) is 19.1 Å². The van der Waals surface area contributed by atoms with Gasteiger partial charge in [0.05, 0.1) is 0 Å². The fourth-order valence-electron chi connectivity index (χ4n) is 1.83. The molecule has 0 aromatic carbocycles. The molecule has 0 aliphatic rings. The van der Waals surface area contributed by atoms with E-state index in [-0.39, 0.29) is 5.56 Å². The fraction of sp³-hybridized carbons (Fsp3) is 0.308. The highest BCUT2D eigenvalue weighted by molar-refractivity contribution is 5.54. The van der Waals surface area contributed by atoms with Gasteiger partial charge in [0.1, 0.15) is 5.69 Å². The first kappa shape index (κ1) is 12.4. The summed E-state index contributed by atoms with van der Waals surface area (Å²) >= 11 is 0. The smallest absolute Gasteiger partial charge is 0.251 e. The van der Waals surface area contributed by atoms with E-state index in [2.05, 4.69) is 15.0 Å². The van der Waals surface area contributed by atoms with Gasteiger partial charge in [-0.3, -0.25) is 9.78 Å². The van der Waals surface area contributed by atoms with Gasteiger partial charge in [-0.1, -0.05) is 13.0 Å². The number of nitrogens with one attached hydrogen (secondary N) is 1. The predicted octanol–water partition coefficient (Wildman–Crippen LogP) is 0.895. The number of hydrogen-bond acceptors (Lipinski definition) is 4. The molecule has 0 bridgehead atoms. The summed E-state index contributed by atoms with van der Waals surface area (Å²) in [5, 5.41) is 0. The molecule has 2 rings (SSSR count). The minimum atomic E-state index is -0.170. The van der Waals surface area contributed by atoms with E-state index < -0.39 is 0 Å². The van der Waals surface area contributed by atoms with Gasteiger partial charge in [-0.25, -0.2) is 4.98 Å². The molecule has 0 amide bonds. The van der Waals surface area contributed by atoms with Gasteiger partial charge < -0.3 is 10.7 Å². The van der Waals surface area contributed by atoms with Gasteiger partial charge in [0.15, 0.2) is 5.82 Å². The Morgan fingerprint density at radius 2 is 2.28 bits per heavy atom. The summed E-state index contributed by atoms with van der Waals surface area (Å²) in [5.41, 5.74) is 7.81. The van der Waals surface area contributed by atoms with Gasteiger partial charge in [0, 0.05) is 24.4 Å². The quantitative estimate of drug-likeness (QED) is 0.836. The van der Waals surface area contributed by atoms with Gasteiger partial charge in [-0.2, -0.15) is 0 Å². The van der Waals surface area contributed by atoms with Crippen molar-refractivity contribution in [3.8, 4) is 11.5 Å². The first-order chi connectivity index (χ1) is 8.74. The zero-order chi connectivity index (χ0) is 13.0. The van der Waals surface area contributed by atoms with Gasteiger partial charge in [-0.15, -0.1) is 0 Å². The molecule has 5 heteroatoms. The van der Waals surface area contributed by atoms with Crippen LogP contribution in [0.1, 0.15) is 18.2 Å². The number of aromatic amines is 1. The first-order valence-corrected chi connectivity index (χ1v) is 5.99. The number of H-pyrrole nitrogens is 1. The monoisotopic (exact) mass is 244 g/mol. The molecule has 2 aromatic rings. The predicted molar refractivity (Wildman–Crippen MR) is 70.2 cm³/mol. The molecule has 94 valence electrons. The zero-order valence-electron chi connectivity index (χ0n) is 10.3. The Balaban J connectivity index is 2.53. The van der Waals surface area contributed by atoms with Crippen LogP contribution in [0.5, 0.6) is 0 Å². The van der Waals surface area contributed by atoms with Crippen molar-refractivity contribution < 1.29 is 0 Å². The van der Waals surface area contributed by atoms with Crippen molar-refractivity contribution in [2.75, 3.05) is 6.54 Å². The van der Waals surface area contributed by atoms with Crippen LogP contribution >= 0.6 is 0 Å². The highest BCUT2D eigenvalue weighted by Crippen LogP contribution is 2.16. The third-order valence-corrected chi connectivity index (χ3v) is 2.69. The maximum Gasteiger partial charge on any atom is 0.251 e. The molecule has 2 heterocycles. The molecule has 0 spiro atoms. The Bertz CT molecular complexity index is 592. The minimum Gasteiger partial charge on any atom is -0.330 e. The van der Waals surface area contributed by atoms with Crippen molar-refractivity contribution in [1.82, 2.24) is 15.0 Å². The summed E-state index contributed by atoms with van der Waals surface area (Å²) in [5.74, 6) is 0.517. The van der Waals surface area contributed by atoms with Crippen LogP contribution in [-0.2, 0) is 12.8 Å². The molecular formula is C13H16N4O. The molecule has 0 fully saturated rings. The van der Waals surface area contributed by atoms with Crippen LogP contribution in [0.15, 0.2) is 29.2 Å². The van der Waals surface area contributed by atoms with E-state index in [1.54, 1.807) is 6.20 Å². The average molecular weight is 244 g/mol. The van der Waals surface area contributed by atoms with Crippen LogP contribution < -0.4 is 11.3 Å². The second-order valence-corrected chi connectivity index (χ2v) is 3.99. The second kappa shape index (κ2) is 5.55. The normalized spacial score (nSPS) is 10.6. The fourth-order valence-corrected chi connectivity index (χ4v) is 1.83. The number of nitrogens with two attached hydrogens (primary N) is 1. The number of aromatic nitrogens is 3. The summed E-state index contributed by atoms with van der Waals surface area (Å²) in [6.45, 7) is 2.51. The maximum absolute atomic E-state index is 11.6. The molecule has 18 heavy (non-hydrogen) atoms. The van der Waals surface area contributed by atoms with E-state index in [9.17, 15) is 4.79 Å². The first-order valence-electron chi connectivity index (χ1n) is 5.99. The number of hydrogen-bond donors (Lipinski definition) is 2. The van der Waals surface area contributed by atoms with E-state index in [4.69, 9.17) is 5.73 Å². The molecule has 0 saturated heterocycles. The average Bonchev–Trinajstić information content (AvgIpc) is 2.38. The lowest BCUT2D eigenvalue weighted by Crippen LogP contribution is -2.14. The summed E-state index contributed by atoms with van der Waals surface area (Å²) in [7, 11) is 0. The Kier molecular flexibility index (Phi) is 3.84. The zero-order valence-corrected chi connectivity index (χ0v) is 10.3. The lowest BCUT2D eigenvalue weighted by molar-refractivity contribution is 0.901. The van der Waals surface area contributed by atoms with Crippen LogP contribution in [0, 0.1) is 0 Å². The van der Waals surface area contributed by atoms with E-state index in [0.29, 0.717) is 24.5 Å². The molecule has 0 aliphatic heterocycles. The highest BCUT2D eigenvalue weighted by Gasteiger charge is 2.08. The molecular weight excluding hydrogens is 228 g/mol. The molecule has 2 aromatic heterocycles. The van der Waals surface area contributed by atoms with Crippen LogP contribution in [0.25, 0.3) is 11.5 Å². The molecule has 0 saturated carbocycles. The van der Waals surface area contributed by atoms with Crippen LogP contribution in [0.3, 0.4) is 0 Å². The largest absolute Gasteiger partial charge is 0.330 e. The molecule has 5 nitrogen and oxygen atoms in total. The van der Waals surface area contributed by atoms with Crippen molar-refractivity contribution in [3.63, 3.8) is 0 Å². The topological polar surface area (TPSA) is 84.7 Å². The van der Waals surface area contributed by atoms with Crippen molar-refractivity contribution in [2.45, 2.75) is 19.8 Å². The third kappa shape index (κ3) is 2.62. The van der Waals surface area contributed by atoms with Crippen LogP contribution in [0.2, 0.25) is 0 Å². The summed E-state index contributed by atoms with van der Waals surface area (Å²) in [6.07, 6.45) is 3.13. The number of nitrogens with zero attached hydrogens (tertiary/aromatic N) is 2. The number of aryl methyl sites for hydroxylation is 1. The standard InChI is InChI=1S/C13H16N4O/c1-2-9-4-3-7-15-12(9)13-16-10(5-6-14)8-11(18)17-13/h3-4,7-8H,2,5-6,14H2,1H3,(H,16,17,18). The van der Waals surface area contributed by atoms with Crippen molar-refractivity contribution in [2.24, 2.45) is 5.73 Å². The van der Waals surface area contributed by atoms with Crippen molar-refractivity contribution >= 4 is 0 Å². The molecule has 0 aliphatic carbocycles. The van der Waals surface area contributed by atoms with Gasteiger partial charge in [0.2, 0.25) is 0 Å². The Morgan fingerprint density at radius 3 is 3.00 bits per heavy atom. The van der Waals surface area contributed by atoms with Gasteiger partial charge in [0.25, 0.3) is 5.56 Å². The summed E-state index contributed by atoms with van der Waals surface area (Å²) in [6, 6.07) is 5.34. The maximum atomic E-state index is 11.6. The molecule has 0 radical (unpaired) electrons. The van der Waals surface area contributed by atoms with Crippen LogP contribution in [0.4, 0.5) is 0 Å². The van der Waals surface area contributed by atoms with E-state index in [0.717, 1.165) is 17.7 Å².